The molecule has 1 aromatic rings. The number of halogens is 1. The Morgan fingerprint density at radius 2 is 2.35 bits per heavy atom. The van der Waals surface area contributed by atoms with Gasteiger partial charge in [-0.25, -0.2) is 0 Å². The average molecular weight is 260 g/mol. The van der Waals surface area contributed by atoms with Crippen molar-refractivity contribution in [1.82, 2.24) is 4.90 Å². The molecule has 0 bridgehead atoms. The zero-order valence-electron chi connectivity index (χ0n) is 9.55. The van der Waals surface area contributed by atoms with Gasteiger partial charge in [0, 0.05) is 19.5 Å². The molecule has 1 atom stereocenters. The maximum absolute atomic E-state index is 11.9. The van der Waals surface area contributed by atoms with Crippen molar-refractivity contribution in [1.29, 1.82) is 0 Å². The Labute approximate surface area is 104 Å². The number of oxime groups is 1. The Balaban J connectivity index is 2.69. The van der Waals surface area contributed by atoms with E-state index in [0.29, 0.717) is 0 Å². The van der Waals surface area contributed by atoms with Crippen molar-refractivity contribution < 1.29 is 14.4 Å². The molecule has 7 heteroatoms. The predicted octanol–water partition coefficient (Wildman–Crippen LogP) is 1.53. The highest BCUT2D eigenvalue weighted by molar-refractivity contribution is 6.29. The van der Waals surface area contributed by atoms with Crippen molar-refractivity contribution in [2.45, 2.75) is 19.4 Å². The lowest BCUT2D eigenvalue weighted by molar-refractivity contribution is 0.0715. The summed E-state index contributed by atoms with van der Waals surface area (Å²) in [4.78, 5) is 13.3. The minimum absolute atomic E-state index is 0.0645. The van der Waals surface area contributed by atoms with E-state index in [1.165, 1.54) is 17.0 Å². The maximum Gasteiger partial charge on any atom is 0.289 e. The lowest BCUT2D eigenvalue weighted by Crippen LogP contribution is -2.37. The Hall–Kier alpha value is -1.69. The van der Waals surface area contributed by atoms with Crippen molar-refractivity contribution in [3.8, 4) is 0 Å². The Morgan fingerprint density at radius 1 is 1.71 bits per heavy atom. The molecule has 0 aromatic carbocycles. The normalized spacial score (nSPS) is 13.5. The average Bonchev–Trinajstić information content (AvgIpc) is 2.73. The number of hydrogen-bond acceptors (Lipinski definition) is 4. The first-order valence-electron chi connectivity index (χ1n) is 4.94. The van der Waals surface area contributed by atoms with Crippen LogP contribution in [-0.2, 0) is 0 Å². The summed E-state index contributed by atoms with van der Waals surface area (Å²) in [6.45, 7) is 1.78. The third-order valence-corrected chi connectivity index (χ3v) is 2.60. The molecule has 0 aliphatic rings. The van der Waals surface area contributed by atoms with Crippen LogP contribution in [0, 0.1) is 0 Å². The molecule has 0 saturated heterocycles. The molecule has 1 amide bonds. The van der Waals surface area contributed by atoms with Crippen LogP contribution in [0.3, 0.4) is 0 Å². The lowest BCUT2D eigenvalue weighted by Gasteiger charge is -2.23. The van der Waals surface area contributed by atoms with Gasteiger partial charge in [-0.05, 0) is 30.7 Å². The predicted molar refractivity (Wildman–Crippen MR) is 63.3 cm³/mol. The van der Waals surface area contributed by atoms with Crippen molar-refractivity contribution in [2.24, 2.45) is 10.9 Å². The molecule has 0 radical (unpaired) electrons. The van der Waals surface area contributed by atoms with Crippen molar-refractivity contribution >= 4 is 23.3 Å². The highest BCUT2D eigenvalue weighted by Gasteiger charge is 2.21. The van der Waals surface area contributed by atoms with Crippen LogP contribution in [0.15, 0.2) is 21.7 Å². The van der Waals surface area contributed by atoms with Gasteiger partial charge in [0.2, 0.25) is 0 Å². The summed E-state index contributed by atoms with van der Waals surface area (Å²) in [6.07, 6.45) is 0.271. The highest BCUT2D eigenvalue weighted by atomic mass is 35.5. The summed E-state index contributed by atoms with van der Waals surface area (Å²) in [7, 11) is 1.61. The number of amidine groups is 1. The molecular formula is C10H14ClN3O3. The lowest BCUT2D eigenvalue weighted by atomic mass is 10.2. The van der Waals surface area contributed by atoms with Gasteiger partial charge in [-0.3, -0.25) is 4.79 Å². The number of nitrogens with zero attached hydrogens (tertiary/aromatic N) is 2. The smallest absolute Gasteiger partial charge is 0.289 e. The second-order valence-electron chi connectivity index (χ2n) is 3.66. The van der Waals surface area contributed by atoms with E-state index in [9.17, 15) is 4.79 Å². The van der Waals surface area contributed by atoms with E-state index in [-0.39, 0.29) is 35.2 Å². The van der Waals surface area contributed by atoms with Gasteiger partial charge in [-0.1, -0.05) is 5.16 Å². The summed E-state index contributed by atoms with van der Waals surface area (Å²) in [5.41, 5.74) is 5.37. The molecule has 0 spiro atoms. The van der Waals surface area contributed by atoms with E-state index >= 15 is 0 Å². The molecule has 0 aliphatic heterocycles. The monoisotopic (exact) mass is 259 g/mol. The van der Waals surface area contributed by atoms with Gasteiger partial charge < -0.3 is 20.3 Å². The number of carbonyl (C=O) groups is 1. The molecule has 6 nitrogen and oxygen atoms in total. The fourth-order valence-electron chi connectivity index (χ4n) is 1.28. The quantitative estimate of drug-likeness (QED) is 0.371. The number of furan rings is 1. The van der Waals surface area contributed by atoms with Crippen LogP contribution in [0.25, 0.3) is 0 Å². The van der Waals surface area contributed by atoms with Gasteiger partial charge in [0.1, 0.15) is 5.84 Å². The minimum atomic E-state index is -0.310. The van der Waals surface area contributed by atoms with Crippen LogP contribution >= 0.6 is 11.6 Å². The Morgan fingerprint density at radius 3 is 2.82 bits per heavy atom. The second-order valence-corrected chi connectivity index (χ2v) is 4.04. The zero-order valence-corrected chi connectivity index (χ0v) is 10.3. The van der Waals surface area contributed by atoms with Crippen LogP contribution in [0.5, 0.6) is 0 Å². The largest absolute Gasteiger partial charge is 0.440 e. The van der Waals surface area contributed by atoms with Crippen LogP contribution < -0.4 is 5.73 Å². The second kappa shape index (κ2) is 5.58. The summed E-state index contributed by atoms with van der Waals surface area (Å²) in [5.74, 6) is -0.0892. The molecule has 1 aromatic heterocycles. The van der Waals surface area contributed by atoms with Gasteiger partial charge in [-0.15, -0.1) is 0 Å². The van der Waals surface area contributed by atoms with Crippen molar-refractivity contribution in [3.05, 3.63) is 23.1 Å². The first kappa shape index (κ1) is 13.4. The number of amides is 1. The number of nitrogens with two attached hydrogens (primary N) is 1. The van der Waals surface area contributed by atoms with E-state index in [1.54, 1.807) is 14.0 Å². The van der Waals surface area contributed by atoms with E-state index < -0.39 is 0 Å². The Bertz CT molecular complexity index is 430. The van der Waals surface area contributed by atoms with Crippen LogP contribution in [0.2, 0.25) is 5.22 Å². The van der Waals surface area contributed by atoms with Crippen LogP contribution in [0.1, 0.15) is 23.9 Å². The molecular weight excluding hydrogens is 246 g/mol. The topological polar surface area (TPSA) is 92.1 Å². The third kappa shape index (κ3) is 3.39. The van der Waals surface area contributed by atoms with Crippen molar-refractivity contribution in [3.63, 3.8) is 0 Å². The molecule has 1 rings (SSSR count). The number of hydrogen-bond donors (Lipinski definition) is 2. The van der Waals surface area contributed by atoms with Gasteiger partial charge in [0.05, 0.1) is 0 Å². The fourth-order valence-corrected chi connectivity index (χ4v) is 1.43. The van der Waals surface area contributed by atoms with Crippen LogP contribution in [0.4, 0.5) is 0 Å². The van der Waals surface area contributed by atoms with Gasteiger partial charge >= 0.3 is 0 Å². The highest BCUT2D eigenvalue weighted by Crippen LogP contribution is 2.16. The Kier molecular flexibility index (Phi) is 4.39. The standard InChI is InChI=1S/C10H14ClN3O3/c1-6(5-9(12)13-16)14(2)10(15)7-3-4-8(11)17-7/h3-4,6,16H,5H2,1-2H3,(H2,12,13). The molecule has 1 unspecified atom stereocenters. The van der Waals surface area contributed by atoms with Gasteiger partial charge in [0.15, 0.2) is 11.0 Å². The third-order valence-electron chi connectivity index (χ3n) is 2.40. The first-order valence-corrected chi connectivity index (χ1v) is 5.32. The summed E-state index contributed by atoms with van der Waals surface area (Å²) < 4.78 is 5.01. The van der Waals surface area contributed by atoms with E-state index in [0.717, 1.165) is 0 Å². The summed E-state index contributed by atoms with van der Waals surface area (Å²) in [6, 6.07) is 2.77. The molecule has 0 aliphatic carbocycles. The maximum atomic E-state index is 11.9. The molecule has 94 valence electrons. The van der Waals surface area contributed by atoms with Crippen LogP contribution in [-0.4, -0.2) is 34.9 Å². The van der Waals surface area contributed by atoms with Crippen molar-refractivity contribution in [2.75, 3.05) is 7.05 Å². The zero-order chi connectivity index (χ0) is 13.0. The van der Waals surface area contributed by atoms with E-state index in [4.69, 9.17) is 27.0 Å². The SMILES string of the molecule is CC(C/C(N)=N/O)N(C)C(=O)c1ccc(Cl)o1. The van der Waals surface area contributed by atoms with Gasteiger partial charge in [-0.2, -0.15) is 0 Å². The fraction of sp³-hybridized carbons (Fsp3) is 0.400. The first-order chi connectivity index (χ1) is 7.95. The molecule has 3 N–H and O–H groups in total. The molecule has 0 saturated carbocycles. The minimum Gasteiger partial charge on any atom is -0.440 e. The molecule has 1 heterocycles. The summed E-state index contributed by atoms with van der Waals surface area (Å²) >= 11 is 5.59. The number of carbonyl (C=O) groups excluding carboxylic acids is 1. The van der Waals surface area contributed by atoms with Gasteiger partial charge in [0.25, 0.3) is 5.91 Å². The number of rotatable bonds is 4. The van der Waals surface area contributed by atoms with E-state index in [2.05, 4.69) is 5.16 Å². The van der Waals surface area contributed by atoms with E-state index in [1.807, 2.05) is 0 Å². The molecule has 0 fully saturated rings. The summed E-state index contributed by atoms with van der Waals surface area (Å²) in [5, 5.41) is 11.5. The molecule has 17 heavy (non-hydrogen) atoms.